The Bertz CT molecular complexity index is 807. The SMILES string of the molecule is CCc1c(-c2ccc(C#N)cc2)nn(C(C)CC)c1C(=O)CC1CC1. The van der Waals surface area contributed by atoms with E-state index in [4.69, 9.17) is 10.4 Å². The van der Waals surface area contributed by atoms with E-state index in [2.05, 4.69) is 26.8 Å². The van der Waals surface area contributed by atoms with Gasteiger partial charge in [-0.25, -0.2) is 0 Å². The molecule has 4 heteroatoms. The van der Waals surface area contributed by atoms with E-state index < -0.39 is 0 Å². The topological polar surface area (TPSA) is 58.7 Å². The van der Waals surface area contributed by atoms with Crippen LogP contribution in [0.2, 0.25) is 0 Å². The maximum absolute atomic E-state index is 13.0. The van der Waals surface area contributed by atoms with Crippen LogP contribution in [0.4, 0.5) is 0 Å². The lowest BCUT2D eigenvalue weighted by molar-refractivity contribution is 0.0962. The molecule has 0 saturated heterocycles. The molecule has 25 heavy (non-hydrogen) atoms. The molecule has 1 saturated carbocycles. The molecule has 0 radical (unpaired) electrons. The number of nitriles is 1. The minimum Gasteiger partial charge on any atom is -0.292 e. The van der Waals surface area contributed by atoms with Crippen LogP contribution >= 0.6 is 0 Å². The Morgan fingerprint density at radius 3 is 2.52 bits per heavy atom. The summed E-state index contributed by atoms with van der Waals surface area (Å²) in [6, 6.07) is 9.81. The van der Waals surface area contributed by atoms with Gasteiger partial charge in [-0.3, -0.25) is 9.48 Å². The van der Waals surface area contributed by atoms with Gasteiger partial charge in [0.1, 0.15) is 5.69 Å². The molecule has 0 N–H and O–H groups in total. The molecule has 1 aromatic heterocycles. The van der Waals surface area contributed by atoms with Gasteiger partial charge in [0.2, 0.25) is 0 Å². The van der Waals surface area contributed by atoms with Gasteiger partial charge in [-0.2, -0.15) is 10.4 Å². The van der Waals surface area contributed by atoms with E-state index in [0.717, 1.165) is 35.4 Å². The predicted molar refractivity (Wildman–Crippen MR) is 98.4 cm³/mol. The molecule has 0 bridgehead atoms. The first kappa shape index (κ1) is 17.4. The van der Waals surface area contributed by atoms with Crippen LogP contribution < -0.4 is 0 Å². The van der Waals surface area contributed by atoms with E-state index in [-0.39, 0.29) is 11.8 Å². The second-order valence-corrected chi connectivity index (χ2v) is 6.99. The number of carbonyl (C=O) groups excluding carboxylic acids is 1. The first-order valence-corrected chi connectivity index (χ1v) is 9.24. The van der Waals surface area contributed by atoms with Crippen LogP contribution in [0.25, 0.3) is 11.3 Å². The molecule has 0 spiro atoms. The second kappa shape index (κ2) is 7.23. The Balaban J connectivity index is 2.09. The zero-order chi connectivity index (χ0) is 18.0. The number of aromatic nitrogens is 2. The van der Waals surface area contributed by atoms with Crippen molar-refractivity contribution < 1.29 is 4.79 Å². The van der Waals surface area contributed by atoms with E-state index in [1.807, 2.05) is 28.9 Å². The van der Waals surface area contributed by atoms with Gasteiger partial charge in [-0.15, -0.1) is 0 Å². The molecule has 1 aliphatic carbocycles. The van der Waals surface area contributed by atoms with Crippen LogP contribution in [-0.4, -0.2) is 15.6 Å². The van der Waals surface area contributed by atoms with Crippen LogP contribution in [0.15, 0.2) is 24.3 Å². The molecule has 1 aliphatic rings. The smallest absolute Gasteiger partial charge is 0.181 e. The minimum atomic E-state index is 0.190. The Kier molecular flexibility index (Phi) is 5.03. The van der Waals surface area contributed by atoms with Crippen LogP contribution in [0.3, 0.4) is 0 Å². The van der Waals surface area contributed by atoms with E-state index in [1.54, 1.807) is 0 Å². The number of hydrogen-bond acceptors (Lipinski definition) is 3. The lowest BCUT2D eigenvalue weighted by Crippen LogP contribution is -2.16. The fourth-order valence-electron chi connectivity index (χ4n) is 3.21. The first-order chi connectivity index (χ1) is 12.1. The summed E-state index contributed by atoms with van der Waals surface area (Å²) in [4.78, 5) is 13.0. The molecule has 3 rings (SSSR count). The molecule has 1 unspecified atom stereocenters. The molecule has 1 heterocycles. The van der Waals surface area contributed by atoms with Gasteiger partial charge in [0.15, 0.2) is 5.78 Å². The van der Waals surface area contributed by atoms with Gasteiger partial charge < -0.3 is 0 Å². The number of carbonyl (C=O) groups is 1. The molecule has 1 atom stereocenters. The van der Waals surface area contributed by atoms with E-state index in [9.17, 15) is 4.79 Å². The molecule has 130 valence electrons. The summed E-state index contributed by atoms with van der Waals surface area (Å²) < 4.78 is 1.94. The van der Waals surface area contributed by atoms with Crippen molar-refractivity contribution in [2.75, 3.05) is 0 Å². The summed E-state index contributed by atoms with van der Waals surface area (Å²) in [5.41, 5.74) is 4.32. The van der Waals surface area contributed by atoms with Crippen molar-refractivity contribution in [2.24, 2.45) is 5.92 Å². The third-order valence-electron chi connectivity index (χ3n) is 5.09. The summed E-state index contributed by atoms with van der Waals surface area (Å²) in [5.74, 6) is 0.794. The normalized spacial score (nSPS) is 15.0. The molecule has 4 nitrogen and oxygen atoms in total. The molecular weight excluding hydrogens is 310 g/mol. The first-order valence-electron chi connectivity index (χ1n) is 9.24. The van der Waals surface area contributed by atoms with Gasteiger partial charge >= 0.3 is 0 Å². The maximum atomic E-state index is 13.0. The monoisotopic (exact) mass is 335 g/mol. The van der Waals surface area contributed by atoms with Crippen molar-refractivity contribution in [1.82, 2.24) is 9.78 Å². The van der Waals surface area contributed by atoms with E-state index in [1.165, 1.54) is 12.8 Å². The van der Waals surface area contributed by atoms with Gasteiger partial charge in [0.25, 0.3) is 0 Å². The van der Waals surface area contributed by atoms with Gasteiger partial charge in [-0.05, 0) is 50.7 Å². The summed E-state index contributed by atoms with van der Waals surface area (Å²) in [6.45, 7) is 6.32. The highest BCUT2D eigenvalue weighted by Gasteiger charge is 2.30. The lowest BCUT2D eigenvalue weighted by atomic mass is 9.99. The fraction of sp³-hybridized carbons (Fsp3) is 0.476. The second-order valence-electron chi connectivity index (χ2n) is 6.99. The number of benzene rings is 1. The third kappa shape index (κ3) is 3.51. The van der Waals surface area contributed by atoms with Gasteiger partial charge in [0, 0.05) is 23.6 Å². The zero-order valence-corrected chi connectivity index (χ0v) is 15.2. The largest absolute Gasteiger partial charge is 0.292 e. The number of Topliss-reactive ketones (excluding diaryl/α,β-unsaturated/α-hetero) is 1. The molecular formula is C21H25N3O. The average Bonchev–Trinajstić information content (AvgIpc) is 3.37. The Morgan fingerprint density at radius 1 is 1.32 bits per heavy atom. The van der Waals surface area contributed by atoms with Crippen LogP contribution in [0, 0.1) is 17.2 Å². The van der Waals surface area contributed by atoms with Gasteiger partial charge in [-0.1, -0.05) is 26.0 Å². The minimum absolute atomic E-state index is 0.190. The average molecular weight is 335 g/mol. The highest BCUT2D eigenvalue weighted by molar-refractivity contribution is 5.98. The summed E-state index contributed by atoms with van der Waals surface area (Å²) in [7, 11) is 0. The van der Waals surface area contributed by atoms with E-state index in [0.29, 0.717) is 17.9 Å². The summed E-state index contributed by atoms with van der Waals surface area (Å²) in [6.07, 6.45) is 4.70. The molecule has 0 aliphatic heterocycles. The number of hydrogen-bond donors (Lipinski definition) is 0. The standard InChI is InChI=1S/C21H25N3O/c1-4-14(3)24-21(19(25)12-15-6-7-15)18(5-2)20(23-24)17-10-8-16(13-22)9-11-17/h8-11,14-15H,4-7,12H2,1-3H3. The molecule has 1 aromatic carbocycles. The van der Waals surface area contributed by atoms with E-state index >= 15 is 0 Å². The van der Waals surface area contributed by atoms with Crippen molar-refractivity contribution in [3.63, 3.8) is 0 Å². The van der Waals surface area contributed by atoms with Crippen LogP contribution in [0.1, 0.15) is 74.1 Å². The Hall–Kier alpha value is -2.41. The highest BCUT2D eigenvalue weighted by atomic mass is 16.1. The predicted octanol–water partition coefficient (Wildman–Crippen LogP) is 4.94. The van der Waals surface area contributed by atoms with Crippen molar-refractivity contribution >= 4 is 5.78 Å². The molecule has 1 fully saturated rings. The number of ketones is 1. The van der Waals surface area contributed by atoms with Gasteiger partial charge in [0.05, 0.1) is 17.3 Å². The summed E-state index contributed by atoms with van der Waals surface area (Å²) in [5, 5.41) is 13.8. The van der Waals surface area contributed by atoms with Crippen molar-refractivity contribution in [1.29, 1.82) is 5.26 Å². The highest BCUT2D eigenvalue weighted by Crippen LogP contribution is 2.36. The maximum Gasteiger partial charge on any atom is 0.181 e. The zero-order valence-electron chi connectivity index (χ0n) is 15.2. The fourth-order valence-corrected chi connectivity index (χ4v) is 3.21. The quantitative estimate of drug-likeness (QED) is 0.673. The third-order valence-corrected chi connectivity index (χ3v) is 5.09. The van der Waals surface area contributed by atoms with Crippen molar-refractivity contribution in [3.05, 3.63) is 41.1 Å². The van der Waals surface area contributed by atoms with Crippen molar-refractivity contribution in [2.45, 2.75) is 58.9 Å². The molecule has 0 amide bonds. The Labute approximate surface area is 149 Å². The summed E-state index contributed by atoms with van der Waals surface area (Å²) >= 11 is 0. The van der Waals surface area contributed by atoms with Crippen LogP contribution in [0.5, 0.6) is 0 Å². The van der Waals surface area contributed by atoms with Crippen molar-refractivity contribution in [3.8, 4) is 17.3 Å². The lowest BCUT2D eigenvalue weighted by Gasteiger charge is -2.13. The Morgan fingerprint density at radius 2 is 2.00 bits per heavy atom. The number of nitrogens with zero attached hydrogens (tertiary/aromatic N) is 3. The molecule has 2 aromatic rings. The van der Waals surface area contributed by atoms with Crippen LogP contribution in [-0.2, 0) is 6.42 Å². The number of rotatable bonds is 7.